The summed E-state index contributed by atoms with van der Waals surface area (Å²) in [4.78, 5) is 23.7. The molecule has 0 aromatic rings. The molecule has 0 heterocycles. The van der Waals surface area contributed by atoms with Gasteiger partial charge in [0.05, 0.1) is 0 Å². The van der Waals surface area contributed by atoms with E-state index in [0.29, 0.717) is 12.2 Å². The predicted octanol–water partition coefficient (Wildman–Crippen LogP) is 4.95. The molecule has 0 saturated heterocycles. The maximum Gasteiger partial charge on any atom is 0.139 e. The van der Waals surface area contributed by atoms with Crippen LogP contribution in [0, 0.1) is 11.8 Å². The molecular weight excluding hydrogens is 236 g/mol. The molecule has 0 N–H and O–H groups in total. The minimum absolute atomic E-state index is 0.116. The Morgan fingerprint density at radius 3 is 1.79 bits per heavy atom. The molecule has 0 radical (unpaired) electrons. The van der Waals surface area contributed by atoms with Gasteiger partial charge in [0.15, 0.2) is 0 Å². The van der Waals surface area contributed by atoms with Crippen molar-refractivity contribution in [3.05, 3.63) is 0 Å². The number of Topliss-reactive ketones (excluding diaryl/α,β-unsaturated/α-hetero) is 2. The van der Waals surface area contributed by atoms with Crippen molar-refractivity contribution in [1.82, 2.24) is 0 Å². The number of hydrogen-bond donors (Lipinski definition) is 0. The standard InChI is InChI=1S/C17H32O2/c1-5-8-10-15(7-3)17(19)16(11-9-6-2)13-12-14(4)18/h15-16H,5-13H2,1-4H3. The van der Waals surface area contributed by atoms with Crippen molar-refractivity contribution < 1.29 is 9.59 Å². The van der Waals surface area contributed by atoms with Crippen molar-refractivity contribution in [3.8, 4) is 0 Å². The third-order valence-electron chi connectivity index (χ3n) is 3.95. The molecule has 0 spiro atoms. The molecule has 2 atom stereocenters. The summed E-state index contributed by atoms with van der Waals surface area (Å²) < 4.78 is 0. The lowest BCUT2D eigenvalue weighted by Crippen LogP contribution is -2.24. The van der Waals surface area contributed by atoms with Crippen LogP contribution in [0.4, 0.5) is 0 Å². The van der Waals surface area contributed by atoms with Crippen LogP contribution in [0.2, 0.25) is 0 Å². The van der Waals surface area contributed by atoms with Crippen molar-refractivity contribution in [2.45, 2.75) is 85.5 Å². The Morgan fingerprint density at radius 2 is 1.37 bits per heavy atom. The van der Waals surface area contributed by atoms with Gasteiger partial charge in [0, 0.05) is 18.3 Å². The maximum absolute atomic E-state index is 12.6. The highest BCUT2D eigenvalue weighted by molar-refractivity contribution is 5.84. The van der Waals surface area contributed by atoms with Crippen LogP contribution < -0.4 is 0 Å². The quantitative estimate of drug-likeness (QED) is 0.502. The first kappa shape index (κ1) is 18.3. The number of hydrogen-bond acceptors (Lipinski definition) is 2. The van der Waals surface area contributed by atoms with Gasteiger partial charge in [-0.05, 0) is 32.6 Å². The lowest BCUT2D eigenvalue weighted by Gasteiger charge is -2.21. The Bertz CT molecular complexity index is 258. The topological polar surface area (TPSA) is 34.1 Å². The average molecular weight is 268 g/mol. The lowest BCUT2D eigenvalue weighted by atomic mass is 9.82. The molecule has 0 rings (SSSR count). The summed E-state index contributed by atoms with van der Waals surface area (Å²) >= 11 is 0. The average Bonchev–Trinajstić information content (AvgIpc) is 2.39. The molecule has 0 bridgehead atoms. The zero-order valence-electron chi connectivity index (χ0n) is 13.3. The van der Waals surface area contributed by atoms with E-state index in [-0.39, 0.29) is 17.6 Å². The molecule has 0 aliphatic carbocycles. The van der Waals surface area contributed by atoms with Gasteiger partial charge in [-0.3, -0.25) is 4.79 Å². The van der Waals surface area contributed by atoms with Crippen molar-refractivity contribution in [1.29, 1.82) is 0 Å². The number of rotatable bonds is 12. The smallest absolute Gasteiger partial charge is 0.139 e. The fourth-order valence-corrected chi connectivity index (χ4v) is 2.59. The van der Waals surface area contributed by atoms with Crippen LogP contribution in [0.1, 0.15) is 85.5 Å². The van der Waals surface area contributed by atoms with Gasteiger partial charge < -0.3 is 4.79 Å². The van der Waals surface area contributed by atoms with E-state index in [0.717, 1.165) is 51.4 Å². The largest absolute Gasteiger partial charge is 0.300 e. The van der Waals surface area contributed by atoms with Gasteiger partial charge in [-0.25, -0.2) is 0 Å². The van der Waals surface area contributed by atoms with Gasteiger partial charge in [-0.1, -0.05) is 46.5 Å². The molecular formula is C17H32O2. The Labute approximate surface area is 119 Å². The molecule has 0 aromatic heterocycles. The van der Waals surface area contributed by atoms with E-state index in [2.05, 4.69) is 20.8 Å². The van der Waals surface area contributed by atoms with Gasteiger partial charge in [0.1, 0.15) is 11.6 Å². The summed E-state index contributed by atoms with van der Waals surface area (Å²) in [7, 11) is 0. The molecule has 0 saturated carbocycles. The van der Waals surface area contributed by atoms with Gasteiger partial charge in [-0.15, -0.1) is 0 Å². The molecule has 0 aromatic carbocycles. The van der Waals surface area contributed by atoms with Gasteiger partial charge in [-0.2, -0.15) is 0 Å². The van der Waals surface area contributed by atoms with E-state index in [9.17, 15) is 9.59 Å². The Kier molecular flexibility index (Phi) is 10.8. The molecule has 0 aliphatic heterocycles. The monoisotopic (exact) mass is 268 g/mol. The normalized spacial score (nSPS) is 14.1. The predicted molar refractivity (Wildman–Crippen MR) is 81.2 cm³/mol. The number of ketones is 2. The summed E-state index contributed by atoms with van der Waals surface area (Å²) in [5, 5.41) is 0. The first-order chi connectivity index (χ1) is 9.06. The molecule has 112 valence electrons. The highest BCUT2D eigenvalue weighted by Gasteiger charge is 2.24. The Hall–Kier alpha value is -0.660. The second kappa shape index (κ2) is 11.2. The molecule has 2 heteroatoms. The van der Waals surface area contributed by atoms with Gasteiger partial charge in [0.2, 0.25) is 0 Å². The minimum Gasteiger partial charge on any atom is -0.300 e. The van der Waals surface area contributed by atoms with Crippen LogP contribution in [-0.4, -0.2) is 11.6 Å². The van der Waals surface area contributed by atoms with Crippen molar-refractivity contribution >= 4 is 11.6 Å². The van der Waals surface area contributed by atoms with Crippen molar-refractivity contribution in [2.75, 3.05) is 0 Å². The minimum atomic E-state index is 0.116. The number of unbranched alkanes of at least 4 members (excludes halogenated alkanes) is 2. The second-order valence-electron chi connectivity index (χ2n) is 5.73. The fraction of sp³-hybridized carbons (Fsp3) is 0.882. The maximum atomic E-state index is 12.6. The highest BCUT2D eigenvalue weighted by atomic mass is 16.1. The van der Waals surface area contributed by atoms with E-state index in [1.54, 1.807) is 6.92 Å². The summed E-state index contributed by atoms with van der Waals surface area (Å²) in [5.74, 6) is 0.959. The molecule has 2 unspecified atom stereocenters. The first-order valence-electron chi connectivity index (χ1n) is 8.09. The van der Waals surface area contributed by atoms with Gasteiger partial charge in [0.25, 0.3) is 0 Å². The van der Waals surface area contributed by atoms with Crippen LogP contribution in [-0.2, 0) is 9.59 Å². The Morgan fingerprint density at radius 1 is 0.842 bits per heavy atom. The number of carbonyl (C=O) groups is 2. The molecule has 2 nitrogen and oxygen atoms in total. The van der Waals surface area contributed by atoms with Crippen LogP contribution >= 0.6 is 0 Å². The lowest BCUT2D eigenvalue weighted by molar-refractivity contribution is -0.128. The van der Waals surface area contributed by atoms with Crippen LogP contribution in [0.5, 0.6) is 0 Å². The van der Waals surface area contributed by atoms with E-state index in [1.807, 2.05) is 0 Å². The summed E-state index contributed by atoms with van der Waals surface area (Å²) in [5.41, 5.74) is 0. The van der Waals surface area contributed by atoms with Crippen LogP contribution in [0.3, 0.4) is 0 Å². The summed E-state index contributed by atoms with van der Waals surface area (Å²) in [6, 6.07) is 0. The highest BCUT2D eigenvalue weighted by Crippen LogP contribution is 2.25. The Balaban J connectivity index is 4.50. The fourth-order valence-electron chi connectivity index (χ4n) is 2.59. The summed E-state index contributed by atoms with van der Waals surface area (Å²) in [6.07, 6.45) is 8.75. The van der Waals surface area contributed by atoms with E-state index >= 15 is 0 Å². The molecule has 0 aliphatic rings. The van der Waals surface area contributed by atoms with Gasteiger partial charge >= 0.3 is 0 Å². The third kappa shape index (κ3) is 8.18. The first-order valence-corrected chi connectivity index (χ1v) is 8.09. The zero-order valence-corrected chi connectivity index (χ0v) is 13.3. The van der Waals surface area contributed by atoms with Crippen molar-refractivity contribution in [3.63, 3.8) is 0 Å². The molecule has 0 amide bonds. The SMILES string of the molecule is CCCCC(CC)C(=O)C(CCCC)CCC(C)=O. The second-order valence-corrected chi connectivity index (χ2v) is 5.73. The molecule has 19 heavy (non-hydrogen) atoms. The van der Waals surface area contributed by atoms with Crippen LogP contribution in [0.25, 0.3) is 0 Å². The molecule has 0 fully saturated rings. The third-order valence-corrected chi connectivity index (χ3v) is 3.95. The zero-order chi connectivity index (χ0) is 14.7. The van der Waals surface area contributed by atoms with E-state index < -0.39 is 0 Å². The van der Waals surface area contributed by atoms with Crippen LogP contribution in [0.15, 0.2) is 0 Å². The van der Waals surface area contributed by atoms with E-state index in [1.165, 1.54) is 0 Å². The summed E-state index contributed by atoms with van der Waals surface area (Å²) in [6.45, 7) is 8.05. The van der Waals surface area contributed by atoms with E-state index in [4.69, 9.17) is 0 Å². The number of carbonyl (C=O) groups excluding carboxylic acids is 2. The van der Waals surface area contributed by atoms with Crippen molar-refractivity contribution in [2.24, 2.45) is 11.8 Å².